The largest absolute Gasteiger partial charge is 0.494 e. The van der Waals surface area contributed by atoms with Crippen molar-refractivity contribution in [3.8, 4) is 17.2 Å². The Morgan fingerprint density at radius 2 is 1.41 bits per heavy atom. The average Bonchev–Trinajstić information content (AvgIpc) is 2.99. The zero-order valence-electron chi connectivity index (χ0n) is 23.6. The fourth-order valence-electron chi connectivity index (χ4n) is 4.95. The molecule has 4 aromatic rings. The summed E-state index contributed by atoms with van der Waals surface area (Å²) < 4.78 is 31.2. The molecule has 214 valence electrons. The summed E-state index contributed by atoms with van der Waals surface area (Å²) in [5.41, 5.74) is 9.41. The van der Waals surface area contributed by atoms with Gasteiger partial charge in [0, 0.05) is 25.6 Å². The van der Waals surface area contributed by atoms with Gasteiger partial charge in [0.05, 0.1) is 27.2 Å². The van der Waals surface area contributed by atoms with Crippen molar-refractivity contribution < 1.29 is 23.4 Å². The van der Waals surface area contributed by atoms with Gasteiger partial charge in [0.1, 0.15) is 0 Å². The van der Waals surface area contributed by atoms with Crippen LogP contribution < -0.4 is 19.9 Å². The van der Waals surface area contributed by atoms with Crippen molar-refractivity contribution in [2.45, 2.75) is 25.3 Å². The van der Waals surface area contributed by atoms with Crippen molar-refractivity contribution in [3.05, 3.63) is 125 Å². The molecule has 4 aromatic carbocycles. The Hall–Kier alpha value is -4.36. The number of rotatable bonds is 15. The van der Waals surface area contributed by atoms with E-state index in [0.29, 0.717) is 24.7 Å². The third-order valence-electron chi connectivity index (χ3n) is 6.95. The molecule has 41 heavy (non-hydrogen) atoms. The molecule has 0 bridgehead atoms. The van der Waals surface area contributed by atoms with Crippen LogP contribution >= 0.6 is 0 Å². The summed E-state index contributed by atoms with van der Waals surface area (Å²) in [5, 5.41) is 0. The first kappa shape index (κ1) is 29.6. The lowest BCUT2D eigenvalue weighted by Crippen LogP contribution is -2.31. The molecule has 0 aliphatic rings. The number of halogens is 1. The molecule has 0 saturated heterocycles. The predicted molar refractivity (Wildman–Crippen MR) is 159 cm³/mol. The van der Waals surface area contributed by atoms with Crippen LogP contribution in [0.3, 0.4) is 0 Å². The maximum absolute atomic E-state index is 14.6. The standard InChI is InChI=1S/C34H37FN2O4/c1-39-31-16-15-26(20-30(31)35)23-37(24-29(27-10-5-3-6-11-27)28-12-7-4-8-13-28)18-9-19-41-32-17-14-25(22-34(36)38)21-33(32)40-2/h3-8,10-17,20-21,29H,9,18-19,22-24H2,1-2H3,(H2,36,38). The van der Waals surface area contributed by atoms with Crippen LogP contribution in [-0.4, -0.2) is 44.7 Å². The lowest BCUT2D eigenvalue weighted by molar-refractivity contribution is -0.117. The molecule has 0 aromatic heterocycles. The fraction of sp³-hybridized carbons (Fsp3) is 0.265. The van der Waals surface area contributed by atoms with E-state index in [4.69, 9.17) is 19.9 Å². The molecule has 0 fully saturated rings. The van der Waals surface area contributed by atoms with Crippen LogP contribution in [0.2, 0.25) is 0 Å². The van der Waals surface area contributed by atoms with Crippen molar-refractivity contribution in [3.63, 3.8) is 0 Å². The summed E-state index contributed by atoms with van der Waals surface area (Å²) in [5.74, 6) is 0.762. The van der Waals surface area contributed by atoms with Crippen LogP contribution in [0.4, 0.5) is 4.39 Å². The Morgan fingerprint density at radius 3 is 2.00 bits per heavy atom. The van der Waals surface area contributed by atoms with E-state index in [9.17, 15) is 9.18 Å². The van der Waals surface area contributed by atoms with Crippen molar-refractivity contribution >= 4 is 5.91 Å². The van der Waals surface area contributed by atoms with Gasteiger partial charge in [-0.2, -0.15) is 0 Å². The molecule has 7 heteroatoms. The zero-order chi connectivity index (χ0) is 29.0. The minimum atomic E-state index is -0.401. The maximum Gasteiger partial charge on any atom is 0.221 e. The molecule has 6 nitrogen and oxygen atoms in total. The topological polar surface area (TPSA) is 74.0 Å². The Bertz CT molecular complexity index is 1360. The fourth-order valence-corrected chi connectivity index (χ4v) is 4.95. The molecule has 0 atom stereocenters. The molecule has 4 rings (SSSR count). The molecule has 0 saturated carbocycles. The quantitative estimate of drug-likeness (QED) is 0.183. The number of nitrogens with two attached hydrogens (primary N) is 1. The van der Waals surface area contributed by atoms with E-state index in [1.807, 2.05) is 24.3 Å². The summed E-state index contributed by atoms with van der Waals surface area (Å²) in [4.78, 5) is 13.6. The molecule has 0 spiro atoms. The highest BCUT2D eigenvalue weighted by molar-refractivity contribution is 5.76. The number of nitrogens with zero attached hydrogens (tertiary/aromatic N) is 1. The lowest BCUT2D eigenvalue weighted by atomic mass is 9.90. The first-order chi connectivity index (χ1) is 20.0. The Morgan fingerprint density at radius 1 is 0.805 bits per heavy atom. The SMILES string of the molecule is COc1ccc(CN(CCCOc2ccc(CC(N)=O)cc2OC)CC(c2ccccc2)c2ccccc2)cc1F. The highest BCUT2D eigenvalue weighted by atomic mass is 19.1. The first-order valence-electron chi connectivity index (χ1n) is 13.7. The summed E-state index contributed by atoms with van der Waals surface area (Å²) in [7, 11) is 3.04. The summed E-state index contributed by atoms with van der Waals surface area (Å²) in [6.07, 6.45) is 0.878. The van der Waals surface area contributed by atoms with Crippen LogP contribution in [0.1, 0.15) is 34.6 Å². The lowest BCUT2D eigenvalue weighted by Gasteiger charge is -2.29. The maximum atomic E-state index is 14.6. The van der Waals surface area contributed by atoms with Gasteiger partial charge in [-0.25, -0.2) is 4.39 Å². The van der Waals surface area contributed by atoms with Crippen LogP contribution in [0.25, 0.3) is 0 Å². The number of hydrogen-bond donors (Lipinski definition) is 1. The van der Waals surface area contributed by atoms with Gasteiger partial charge in [-0.05, 0) is 52.9 Å². The smallest absolute Gasteiger partial charge is 0.221 e. The minimum Gasteiger partial charge on any atom is -0.494 e. The van der Waals surface area contributed by atoms with E-state index in [-0.39, 0.29) is 23.9 Å². The second-order valence-electron chi connectivity index (χ2n) is 9.91. The summed E-state index contributed by atoms with van der Waals surface area (Å²) >= 11 is 0. The number of methoxy groups -OCH3 is 2. The summed E-state index contributed by atoms with van der Waals surface area (Å²) in [6.45, 7) is 2.50. The van der Waals surface area contributed by atoms with E-state index < -0.39 is 5.91 Å². The van der Waals surface area contributed by atoms with E-state index in [1.54, 1.807) is 31.4 Å². The highest BCUT2D eigenvalue weighted by Gasteiger charge is 2.19. The Kier molecular flexibility index (Phi) is 10.7. The van der Waals surface area contributed by atoms with Gasteiger partial charge < -0.3 is 19.9 Å². The number of amides is 1. The normalized spacial score (nSPS) is 11.0. The van der Waals surface area contributed by atoms with Gasteiger partial charge in [-0.15, -0.1) is 0 Å². The molecular formula is C34H37FN2O4. The monoisotopic (exact) mass is 556 g/mol. The van der Waals surface area contributed by atoms with E-state index >= 15 is 0 Å². The van der Waals surface area contributed by atoms with Crippen LogP contribution in [0.5, 0.6) is 17.2 Å². The second-order valence-corrected chi connectivity index (χ2v) is 9.91. The second kappa shape index (κ2) is 14.9. The van der Waals surface area contributed by atoms with Crippen molar-refractivity contribution in [1.29, 1.82) is 0 Å². The number of hydrogen-bond acceptors (Lipinski definition) is 5. The summed E-state index contributed by atoms with van der Waals surface area (Å²) in [6, 6.07) is 31.4. The predicted octanol–water partition coefficient (Wildman–Crippen LogP) is 5.97. The molecule has 0 aliphatic heterocycles. The van der Waals surface area contributed by atoms with Gasteiger partial charge >= 0.3 is 0 Å². The van der Waals surface area contributed by atoms with Gasteiger partial charge in [0.2, 0.25) is 5.91 Å². The Balaban J connectivity index is 1.50. The van der Waals surface area contributed by atoms with Crippen LogP contribution in [-0.2, 0) is 17.8 Å². The van der Waals surface area contributed by atoms with Crippen LogP contribution in [0, 0.1) is 5.82 Å². The molecular weight excluding hydrogens is 519 g/mol. The minimum absolute atomic E-state index is 0.138. The number of carbonyl (C=O) groups is 1. The van der Waals surface area contributed by atoms with Gasteiger partial charge in [-0.1, -0.05) is 72.8 Å². The molecule has 2 N–H and O–H groups in total. The van der Waals surface area contributed by atoms with E-state index in [1.165, 1.54) is 18.2 Å². The van der Waals surface area contributed by atoms with Crippen molar-refractivity contribution in [2.24, 2.45) is 5.73 Å². The average molecular weight is 557 g/mol. The molecule has 0 aliphatic carbocycles. The van der Waals surface area contributed by atoms with Crippen molar-refractivity contribution in [1.82, 2.24) is 4.90 Å². The number of carbonyl (C=O) groups excluding carboxylic acids is 1. The van der Waals surface area contributed by atoms with E-state index in [2.05, 4.69) is 53.4 Å². The third kappa shape index (κ3) is 8.56. The number of benzene rings is 4. The van der Waals surface area contributed by atoms with Crippen LogP contribution in [0.15, 0.2) is 97.1 Å². The Labute approximate surface area is 241 Å². The van der Waals surface area contributed by atoms with E-state index in [0.717, 1.165) is 30.6 Å². The van der Waals surface area contributed by atoms with Crippen molar-refractivity contribution in [2.75, 3.05) is 33.9 Å². The molecule has 0 heterocycles. The van der Waals surface area contributed by atoms with Gasteiger partial charge in [0.25, 0.3) is 0 Å². The molecule has 1 amide bonds. The highest BCUT2D eigenvalue weighted by Crippen LogP contribution is 2.29. The van der Waals surface area contributed by atoms with Gasteiger partial charge in [-0.3, -0.25) is 9.69 Å². The number of primary amides is 1. The third-order valence-corrected chi connectivity index (χ3v) is 6.95. The zero-order valence-corrected chi connectivity index (χ0v) is 23.6. The molecule has 0 radical (unpaired) electrons. The van der Waals surface area contributed by atoms with Gasteiger partial charge in [0.15, 0.2) is 23.1 Å². The number of ether oxygens (including phenoxy) is 3. The first-order valence-corrected chi connectivity index (χ1v) is 13.7. The molecule has 0 unspecified atom stereocenters.